The highest BCUT2D eigenvalue weighted by atomic mass is 32.2. The predicted octanol–water partition coefficient (Wildman–Crippen LogP) is 3.51. The maximum Gasteiger partial charge on any atom is 0.255 e. The lowest BCUT2D eigenvalue weighted by molar-refractivity contribution is 0.102. The number of sulfonamides is 1. The number of carbonyl (C=O) groups excluding carboxylic acids is 1. The van der Waals surface area contributed by atoms with Crippen molar-refractivity contribution in [1.29, 1.82) is 0 Å². The first-order chi connectivity index (χ1) is 13.4. The van der Waals surface area contributed by atoms with Crippen LogP contribution in [0.3, 0.4) is 0 Å². The highest BCUT2D eigenvalue weighted by molar-refractivity contribution is 7.89. The van der Waals surface area contributed by atoms with Gasteiger partial charge < -0.3 is 10.1 Å². The number of rotatable bonds is 6. The molecule has 1 amide bonds. The molecule has 0 aromatic heterocycles. The topological polar surface area (TPSA) is 75.7 Å². The standard InChI is InChI=1S/C21H26N2O4S/c1-16-10-12-23(13-11-16)28(25,26)20-8-6-19(7-9-20)22-21(24)18-5-3-4-17(14-18)15-27-2/h3-9,14,16H,10-13,15H2,1-2H3,(H,22,24). The molecule has 1 aliphatic rings. The van der Waals surface area contributed by atoms with E-state index < -0.39 is 10.0 Å². The summed E-state index contributed by atoms with van der Waals surface area (Å²) in [5.41, 5.74) is 1.98. The summed E-state index contributed by atoms with van der Waals surface area (Å²) in [6, 6.07) is 13.5. The van der Waals surface area contributed by atoms with Crippen molar-refractivity contribution in [3.05, 3.63) is 59.7 Å². The molecule has 28 heavy (non-hydrogen) atoms. The van der Waals surface area contributed by atoms with E-state index in [4.69, 9.17) is 4.74 Å². The lowest BCUT2D eigenvalue weighted by Gasteiger charge is -2.29. The van der Waals surface area contributed by atoms with Crippen LogP contribution in [0, 0.1) is 5.92 Å². The molecule has 0 atom stereocenters. The fraction of sp³-hybridized carbons (Fsp3) is 0.381. The molecule has 1 aliphatic heterocycles. The highest BCUT2D eigenvalue weighted by Crippen LogP contribution is 2.24. The van der Waals surface area contributed by atoms with Gasteiger partial charge in [0.15, 0.2) is 0 Å². The zero-order chi connectivity index (χ0) is 20.1. The first-order valence-corrected chi connectivity index (χ1v) is 10.8. The van der Waals surface area contributed by atoms with Crippen molar-refractivity contribution in [2.75, 3.05) is 25.5 Å². The summed E-state index contributed by atoms with van der Waals surface area (Å²) in [7, 11) is -1.88. The summed E-state index contributed by atoms with van der Waals surface area (Å²) in [5, 5.41) is 2.80. The molecule has 0 aliphatic carbocycles. The van der Waals surface area contributed by atoms with E-state index >= 15 is 0 Å². The van der Waals surface area contributed by atoms with Crippen LogP contribution in [-0.4, -0.2) is 38.8 Å². The van der Waals surface area contributed by atoms with Crippen molar-refractivity contribution in [3.63, 3.8) is 0 Å². The number of benzene rings is 2. The fourth-order valence-electron chi connectivity index (χ4n) is 3.26. The van der Waals surface area contributed by atoms with Crippen molar-refractivity contribution in [2.45, 2.75) is 31.3 Å². The number of nitrogens with zero attached hydrogens (tertiary/aromatic N) is 1. The van der Waals surface area contributed by atoms with Gasteiger partial charge in [0.25, 0.3) is 5.91 Å². The van der Waals surface area contributed by atoms with Gasteiger partial charge in [0, 0.05) is 31.5 Å². The number of carbonyl (C=O) groups is 1. The molecule has 6 nitrogen and oxygen atoms in total. The Labute approximate surface area is 166 Å². The van der Waals surface area contributed by atoms with Crippen LogP contribution in [0.25, 0.3) is 0 Å². The van der Waals surface area contributed by atoms with Gasteiger partial charge in [-0.1, -0.05) is 19.1 Å². The Hall–Kier alpha value is -2.22. The summed E-state index contributed by atoms with van der Waals surface area (Å²) >= 11 is 0. The third-order valence-electron chi connectivity index (χ3n) is 4.99. The number of nitrogens with one attached hydrogen (secondary N) is 1. The summed E-state index contributed by atoms with van der Waals surface area (Å²) in [6.07, 6.45) is 1.77. The normalized spacial score (nSPS) is 16.1. The molecule has 7 heteroatoms. The predicted molar refractivity (Wildman–Crippen MR) is 109 cm³/mol. The molecule has 150 valence electrons. The van der Waals surface area contributed by atoms with E-state index in [0.29, 0.717) is 36.9 Å². The number of amides is 1. The Balaban J connectivity index is 1.69. The van der Waals surface area contributed by atoms with Gasteiger partial charge in [-0.25, -0.2) is 8.42 Å². The quantitative estimate of drug-likeness (QED) is 0.802. The zero-order valence-corrected chi connectivity index (χ0v) is 17.0. The zero-order valence-electron chi connectivity index (χ0n) is 16.2. The van der Waals surface area contributed by atoms with Crippen LogP contribution in [0.1, 0.15) is 35.7 Å². The molecular formula is C21H26N2O4S. The van der Waals surface area contributed by atoms with Crippen LogP contribution in [0.4, 0.5) is 5.69 Å². The molecule has 1 fully saturated rings. The first kappa shape index (κ1) is 20.5. The van der Waals surface area contributed by atoms with Crippen molar-refractivity contribution in [3.8, 4) is 0 Å². The second-order valence-electron chi connectivity index (χ2n) is 7.20. The SMILES string of the molecule is COCc1cccc(C(=O)Nc2ccc(S(=O)(=O)N3CCC(C)CC3)cc2)c1. The van der Waals surface area contributed by atoms with E-state index in [0.717, 1.165) is 18.4 Å². The van der Waals surface area contributed by atoms with Crippen molar-refractivity contribution < 1.29 is 17.9 Å². The molecule has 0 bridgehead atoms. The van der Waals surface area contributed by atoms with E-state index in [9.17, 15) is 13.2 Å². The number of ether oxygens (including phenoxy) is 1. The molecule has 0 spiro atoms. The minimum Gasteiger partial charge on any atom is -0.380 e. The Kier molecular flexibility index (Phi) is 6.49. The molecule has 2 aromatic rings. The largest absolute Gasteiger partial charge is 0.380 e. The van der Waals surface area contributed by atoms with Crippen LogP contribution in [-0.2, 0) is 21.4 Å². The first-order valence-electron chi connectivity index (χ1n) is 9.39. The summed E-state index contributed by atoms with van der Waals surface area (Å²) in [6.45, 7) is 3.69. The summed E-state index contributed by atoms with van der Waals surface area (Å²) in [4.78, 5) is 12.7. The third kappa shape index (κ3) is 4.79. The van der Waals surface area contributed by atoms with Gasteiger partial charge in [-0.05, 0) is 60.7 Å². The number of hydrogen-bond donors (Lipinski definition) is 1. The Morgan fingerprint density at radius 3 is 2.46 bits per heavy atom. The molecule has 1 saturated heterocycles. The summed E-state index contributed by atoms with van der Waals surface area (Å²) in [5.74, 6) is 0.310. The molecule has 0 unspecified atom stereocenters. The van der Waals surface area contributed by atoms with Gasteiger partial charge >= 0.3 is 0 Å². The smallest absolute Gasteiger partial charge is 0.255 e. The second-order valence-corrected chi connectivity index (χ2v) is 9.14. The van der Waals surface area contributed by atoms with E-state index in [-0.39, 0.29) is 10.8 Å². The molecule has 0 radical (unpaired) electrons. The van der Waals surface area contributed by atoms with Crippen molar-refractivity contribution in [2.24, 2.45) is 5.92 Å². The van der Waals surface area contributed by atoms with Gasteiger partial charge in [-0.15, -0.1) is 0 Å². The third-order valence-corrected chi connectivity index (χ3v) is 6.91. The van der Waals surface area contributed by atoms with Crippen LogP contribution in [0.2, 0.25) is 0 Å². The van der Waals surface area contributed by atoms with Crippen molar-refractivity contribution >= 4 is 21.6 Å². The fourth-order valence-corrected chi connectivity index (χ4v) is 4.73. The number of methoxy groups -OCH3 is 1. The molecule has 1 heterocycles. The molecule has 2 aromatic carbocycles. The van der Waals surface area contributed by atoms with Crippen molar-refractivity contribution in [1.82, 2.24) is 4.31 Å². The molecule has 1 N–H and O–H groups in total. The van der Waals surface area contributed by atoms with Gasteiger partial charge in [-0.2, -0.15) is 4.31 Å². The maximum atomic E-state index is 12.8. The van der Waals surface area contributed by atoms with E-state index in [1.54, 1.807) is 53.9 Å². The minimum absolute atomic E-state index is 0.251. The summed E-state index contributed by atoms with van der Waals surface area (Å²) < 4.78 is 32.2. The minimum atomic E-state index is -3.49. The maximum absolute atomic E-state index is 12.8. The Bertz CT molecular complexity index is 918. The molecule has 3 rings (SSSR count). The van der Waals surface area contributed by atoms with E-state index in [1.165, 1.54) is 0 Å². The van der Waals surface area contributed by atoms with Gasteiger partial charge in [-0.3, -0.25) is 4.79 Å². The second kappa shape index (κ2) is 8.86. The van der Waals surface area contributed by atoms with Gasteiger partial charge in [0.1, 0.15) is 0 Å². The average Bonchev–Trinajstić information content (AvgIpc) is 2.69. The Morgan fingerprint density at radius 1 is 1.14 bits per heavy atom. The molecule has 0 saturated carbocycles. The Morgan fingerprint density at radius 2 is 1.82 bits per heavy atom. The number of piperidine rings is 1. The van der Waals surface area contributed by atoms with Gasteiger partial charge in [0.05, 0.1) is 11.5 Å². The van der Waals surface area contributed by atoms with Gasteiger partial charge in [0.2, 0.25) is 10.0 Å². The monoisotopic (exact) mass is 402 g/mol. The lowest BCUT2D eigenvalue weighted by atomic mass is 10.0. The van der Waals surface area contributed by atoms with Crippen LogP contribution >= 0.6 is 0 Å². The van der Waals surface area contributed by atoms with E-state index in [2.05, 4.69) is 12.2 Å². The van der Waals surface area contributed by atoms with E-state index in [1.807, 2.05) is 6.07 Å². The van der Waals surface area contributed by atoms with Crippen LogP contribution in [0.5, 0.6) is 0 Å². The lowest BCUT2D eigenvalue weighted by Crippen LogP contribution is -2.37. The number of hydrogen-bond acceptors (Lipinski definition) is 4. The molecular weight excluding hydrogens is 376 g/mol. The highest BCUT2D eigenvalue weighted by Gasteiger charge is 2.27. The van der Waals surface area contributed by atoms with Crippen LogP contribution in [0.15, 0.2) is 53.4 Å². The number of anilines is 1. The average molecular weight is 403 g/mol. The van der Waals surface area contributed by atoms with Crippen LogP contribution < -0.4 is 5.32 Å².